The zero-order valence-electron chi connectivity index (χ0n) is 20.7. The number of methoxy groups -OCH3 is 2. The molecule has 1 aliphatic heterocycles. The number of piperidine rings is 1. The summed E-state index contributed by atoms with van der Waals surface area (Å²) in [4.78, 5) is 15.6. The van der Waals surface area contributed by atoms with Gasteiger partial charge in [-0.05, 0) is 36.1 Å². The third kappa shape index (κ3) is 5.88. The van der Waals surface area contributed by atoms with Gasteiger partial charge in [-0.15, -0.1) is 0 Å². The Labute approximate surface area is 213 Å². The number of nitrogens with zero attached hydrogens (tertiary/aromatic N) is 2. The van der Waals surface area contributed by atoms with Gasteiger partial charge in [-0.2, -0.15) is 4.31 Å². The van der Waals surface area contributed by atoms with Crippen LogP contribution in [-0.4, -0.2) is 50.8 Å². The van der Waals surface area contributed by atoms with Gasteiger partial charge in [-0.3, -0.25) is 4.79 Å². The summed E-state index contributed by atoms with van der Waals surface area (Å²) in [7, 11) is -0.864. The lowest BCUT2D eigenvalue weighted by molar-refractivity contribution is -0.138. The van der Waals surface area contributed by atoms with Crippen molar-refractivity contribution < 1.29 is 22.7 Å². The summed E-state index contributed by atoms with van der Waals surface area (Å²) in [6, 6.07) is 24.6. The van der Waals surface area contributed by atoms with Crippen LogP contribution in [0.1, 0.15) is 24.0 Å². The maximum atomic E-state index is 13.6. The third-order valence-electron chi connectivity index (χ3n) is 6.54. The zero-order valence-corrected chi connectivity index (χ0v) is 21.5. The average Bonchev–Trinajstić information content (AvgIpc) is 2.93. The number of carbonyl (C=O) groups excluding carboxylic acids is 1. The molecule has 3 aromatic carbocycles. The van der Waals surface area contributed by atoms with Crippen LogP contribution in [-0.2, 0) is 27.9 Å². The van der Waals surface area contributed by atoms with E-state index in [4.69, 9.17) is 9.47 Å². The predicted molar refractivity (Wildman–Crippen MR) is 138 cm³/mol. The smallest absolute Gasteiger partial charge is 0.246 e. The molecule has 1 heterocycles. The van der Waals surface area contributed by atoms with Crippen LogP contribution >= 0.6 is 0 Å². The van der Waals surface area contributed by atoms with Crippen molar-refractivity contribution in [3.63, 3.8) is 0 Å². The fourth-order valence-corrected chi connectivity index (χ4v) is 6.19. The Balaban J connectivity index is 1.48. The first-order valence-electron chi connectivity index (χ1n) is 12.0. The molecule has 1 saturated heterocycles. The van der Waals surface area contributed by atoms with E-state index in [0.717, 1.165) is 11.1 Å². The monoisotopic (exact) mass is 508 g/mol. The number of rotatable bonds is 9. The maximum absolute atomic E-state index is 13.6. The van der Waals surface area contributed by atoms with Crippen LogP contribution in [0.5, 0.6) is 11.5 Å². The highest BCUT2D eigenvalue weighted by Gasteiger charge is 2.35. The van der Waals surface area contributed by atoms with E-state index in [1.54, 1.807) is 12.1 Å². The molecule has 8 heteroatoms. The Hall–Kier alpha value is -3.36. The SMILES string of the molecule is COc1ccc(OC)c(S(=O)(=O)N2CCC(C(=O)N(Cc3ccccc3)Cc3ccccc3)CC2)c1. The number of hydrogen-bond acceptors (Lipinski definition) is 5. The molecule has 1 fully saturated rings. The molecular weight excluding hydrogens is 476 g/mol. The first-order chi connectivity index (χ1) is 17.4. The van der Waals surface area contributed by atoms with Gasteiger partial charge in [0.15, 0.2) is 0 Å². The molecule has 4 rings (SSSR count). The van der Waals surface area contributed by atoms with E-state index in [9.17, 15) is 13.2 Å². The summed E-state index contributed by atoms with van der Waals surface area (Å²) < 4.78 is 38.8. The van der Waals surface area contributed by atoms with E-state index >= 15 is 0 Å². The van der Waals surface area contributed by atoms with Gasteiger partial charge in [0.25, 0.3) is 0 Å². The molecular formula is C28H32N2O5S. The standard InChI is InChI=1S/C28H32N2O5S/c1-34-25-13-14-26(35-2)27(19-25)36(32,33)30-17-15-24(16-18-30)28(31)29(20-22-9-5-3-6-10-22)21-23-11-7-4-8-12-23/h3-14,19,24H,15-18,20-21H2,1-2H3. The van der Waals surface area contributed by atoms with Crippen LogP contribution < -0.4 is 9.47 Å². The summed E-state index contributed by atoms with van der Waals surface area (Å²) in [5.74, 6) is 0.526. The highest BCUT2D eigenvalue weighted by molar-refractivity contribution is 7.89. The van der Waals surface area contributed by atoms with Gasteiger partial charge in [-0.1, -0.05) is 60.7 Å². The lowest BCUT2D eigenvalue weighted by Crippen LogP contribution is -2.44. The van der Waals surface area contributed by atoms with Crippen LogP contribution in [0.2, 0.25) is 0 Å². The van der Waals surface area contributed by atoms with Gasteiger partial charge >= 0.3 is 0 Å². The van der Waals surface area contributed by atoms with Crippen molar-refractivity contribution in [2.24, 2.45) is 5.92 Å². The zero-order chi connectivity index (χ0) is 25.5. The highest BCUT2D eigenvalue weighted by atomic mass is 32.2. The summed E-state index contributed by atoms with van der Waals surface area (Å²) in [5.41, 5.74) is 2.12. The number of hydrogen-bond donors (Lipinski definition) is 0. The minimum Gasteiger partial charge on any atom is -0.497 e. The van der Waals surface area contributed by atoms with Gasteiger partial charge in [0.2, 0.25) is 15.9 Å². The topological polar surface area (TPSA) is 76.1 Å². The summed E-state index contributed by atoms with van der Waals surface area (Å²) in [6.45, 7) is 1.55. The van der Waals surface area contributed by atoms with E-state index in [2.05, 4.69) is 0 Å². The predicted octanol–water partition coefficient (Wildman–Crippen LogP) is 4.33. The molecule has 0 aromatic heterocycles. The molecule has 0 unspecified atom stereocenters. The molecule has 0 bridgehead atoms. The van der Waals surface area contributed by atoms with Crippen LogP contribution in [0.15, 0.2) is 83.8 Å². The second kappa shape index (κ2) is 11.6. The number of sulfonamides is 1. The first-order valence-corrected chi connectivity index (χ1v) is 13.4. The van der Waals surface area contributed by atoms with E-state index < -0.39 is 10.0 Å². The normalized spacial score (nSPS) is 14.8. The quantitative estimate of drug-likeness (QED) is 0.430. The van der Waals surface area contributed by atoms with E-state index in [1.165, 1.54) is 24.6 Å². The lowest BCUT2D eigenvalue weighted by Gasteiger charge is -2.34. The molecule has 0 spiro atoms. The molecule has 0 aliphatic carbocycles. The highest BCUT2D eigenvalue weighted by Crippen LogP contribution is 2.33. The molecule has 36 heavy (non-hydrogen) atoms. The molecule has 0 atom stereocenters. The molecule has 190 valence electrons. The third-order valence-corrected chi connectivity index (χ3v) is 8.46. The van der Waals surface area contributed by atoms with Crippen molar-refractivity contribution in [3.8, 4) is 11.5 Å². The summed E-state index contributed by atoms with van der Waals surface area (Å²) >= 11 is 0. The van der Waals surface area contributed by atoms with E-state index in [-0.39, 0.29) is 35.6 Å². The van der Waals surface area contributed by atoms with Crippen LogP contribution in [0, 0.1) is 5.92 Å². The summed E-state index contributed by atoms with van der Waals surface area (Å²) in [6.07, 6.45) is 0.925. The van der Waals surface area contributed by atoms with E-state index in [0.29, 0.717) is 31.7 Å². The lowest BCUT2D eigenvalue weighted by atomic mass is 9.96. The van der Waals surface area contributed by atoms with Crippen molar-refractivity contribution >= 4 is 15.9 Å². The first kappa shape index (κ1) is 25.7. The minimum atomic E-state index is -3.80. The Morgan fingerprint density at radius 3 is 1.92 bits per heavy atom. The Kier molecular flexibility index (Phi) is 8.28. The molecule has 7 nitrogen and oxygen atoms in total. The summed E-state index contributed by atoms with van der Waals surface area (Å²) in [5, 5.41) is 0. The molecule has 0 radical (unpaired) electrons. The fraction of sp³-hybridized carbons (Fsp3) is 0.321. The second-order valence-corrected chi connectivity index (χ2v) is 10.8. The molecule has 3 aromatic rings. The Morgan fingerprint density at radius 1 is 0.861 bits per heavy atom. The molecule has 0 N–H and O–H groups in total. The van der Waals surface area contributed by atoms with Crippen molar-refractivity contribution in [2.75, 3.05) is 27.3 Å². The van der Waals surface area contributed by atoms with Crippen molar-refractivity contribution in [1.29, 1.82) is 0 Å². The largest absolute Gasteiger partial charge is 0.497 e. The van der Waals surface area contributed by atoms with Crippen molar-refractivity contribution in [3.05, 3.63) is 90.0 Å². The number of benzene rings is 3. The van der Waals surface area contributed by atoms with E-state index in [1.807, 2.05) is 65.6 Å². The molecule has 0 saturated carbocycles. The van der Waals surface area contributed by atoms with Gasteiger partial charge in [0.05, 0.1) is 14.2 Å². The Bertz CT molecular complexity index is 1220. The molecule has 1 aliphatic rings. The minimum absolute atomic E-state index is 0.0544. The van der Waals surface area contributed by atoms with Gasteiger partial charge < -0.3 is 14.4 Å². The van der Waals surface area contributed by atoms with Gasteiger partial charge in [-0.25, -0.2) is 8.42 Å². The number of ether oxygens (including phenoxy) is 2. The van der Waals surface area contributed by atoms with Gasteiger partial charge in [0.1, 0.15) is 16.4 Å². The van der Waals surface area contributed by atoms with Crippen LogP contribution in [0.25, 0.3) is 0 Å². The van der Waals surface area contributed by atoms with Crippen molar-refractivity contribution in [1.82, 2.24) is 9.21 Å². The number of carbonyl (C=O) groups is 1. The fourth-order valence-electron chi connectivity index (χ4n) is 4.55. The Morgan fingerprint density at radius 2 is 1.42 bits per heavy atom. The number of amides is 1. The maximum Gasteiger partial charge on any atom is 0.246 e. The molecule has 1 amide bonds. The van der Waals surface area contributed by atoms with Crippen LogP contribution in [0.4, 0.5) is 0 Å². The average molecular weight is 509 g/mol. The van der Waals surface area contributed by atoms with Crippen molar-refractivity contribution in [2.45, 2.75) is 30.8 Å². The van der Waals surface area contributed by atoms with Crippen LogP contribution in [0.3, 0.4) is 0 Å². The second-order valence-electron chi connectivity index (χ2n) is 8.86. The van der Waals surface area contributed by atoms with Gasteiger partial charge in [0, 0.05) is 38.2 Å².